The van der Waals surface area contributed by atoms with Crippen molar-refractivity contribution in [3.05, 3.63) is 0 Å². The molecule has 0 N–H and O–H groups in total. The van der Waals surface area contributed by atoms with Gasteiger partial charge in [0.05, 0.1) is 0 Å². The zero-order valence-electron chi connectivity index (χ0n) is 11.8. The van der Waals surface area contributed by atoms with Gasteiger partial charge in [0.15, 0.2) is 0 Å². The van der Waals surface area contributed by atoms with Crippen LogP contribution in [0.1, 0.15) is 73.6 Å². The number of hydrogen-bond acceptors (Lipinski definition) is 0. The fourth-order valence-corrected chi connectivity index (χ4v) is 2.27. The van der Waals surface area contributed by atoms with E-state index in [1.165, 1.54) is 32.1 Å². The maximum atomic E-state index is 2.46. The zero-order chi connectivity index (χ0) is 11.8. The van der Waals surface area contributed by atoms with Crippen LogP contribution in [0.2, 0.25) is 0 Å². The summed E-state index contributed by atoms with van der Waals surface area (Å²) in [7, 11) is 0. The molecule has 0 spiro atoms. The highest BCUT2D eigenvalue weighted by Gasteiger charge is 2.15. The van der Waals surface area contributed by atoms with Crippen LogP contribution >= 0.6 is 0 Å². The molecule has 0 radical (unpaired) electrons. The smallest absolute Gasteiger partial charge is 0.0391 e. The highest BCUT2D eigenvalue weighted by molar-refractivity contribution is 4.67. The number of hydrogen-bond donors (Lipinski definition) is 0. The van der Waals surface area contributed by atoms with E-state index in [-0.39, 0.29) is 0 Å². The minimum Gasteiger partial charge on any atom is -0.0651 e. The van der Waals surface area contributed by atoms with E-state index in [0.29, 0.717) is 0 Å². The second kappa shape index (κ2) is 8.19. The van der Waals surface area contributed by atoms with E-state index >= 15 is 0 Å². The van der Waals surface area contributed by atoms with Crippen molar-refractivity contribution in [3.8, 4) is 0 Å². The van der Waals surface area contributed by atoms with Crippen LogP contribution in [0.4, 0.5) is 0 Å². The Morgan fingerprint density at radius 3 is 1.53 bits per heavy atom. The molecule has 0 bridgehead atoms. The van der Waals surface area contributed by atoms with Gasteiger partial charge in [-0.1, -0.05) is 67.2 Å². The fourth-order valence-electron chi connectivity index (χ4n) is 2.27. The summed E-state index contributed by atoms with van der Waals surface area (Å²) in [5.74, 6) is 3.63. The summed E-state index contributed by atoms with van der Waals surface area (Å²) >= 11 is 0. The summed E-state index contributed by atoms with van der Waals surface area (Å²) < 4.78 is 0. The van der Waals surface area contributed by atoms with E-state index in [4.69, 9.17) is 0 Å². The van der Waals surface area contributed by atoms with Crippen molar-refractivity contribution >= 4 is 0 Å². The predicted molar refractivity (Wildman–Crippen MR) is 71.1 cm³/mol. The standard InChI is InChI=1S/C15H32/c1-7-15(11-9-13(4)5)14(6)10-8-12(2)3/h12-15H,7-11H2,1-6H3. The molecule has 0 aromatic heterocycles. The summed E-state index contributed by atoms with van der Waals surface area (Å²) in [6.45, 7) is 14.2. The Morgan fingerprint density at radius 1 is 0.667 bits per heavy atom. The summed E-state index contributed by atoms with van der Waals surface area (Å²) in [4.78, 5) is 0. The molecular weight excluding hydrogens is 180 g/mol. The molecule has 15 heavy (non-hydrogen) atoms. The Balaban J connectivity index is 3.82. The lowest BCUT2D eigenvalue weighted by molar-refractivity contribution is 0.275. The van der Waals surface area contributed by atoms with Gasteiger partial charge < -0.3 is 0 Å². The molecule has 0 aliphatic carbocycles. The van der Waals surface area contributed by atoms with Gasteiger partial charge in [-0.3, -0.25) is 0 Å². The molecule has 0 fully saturated rings. The molecule has 0 heteroatoms. The highest BCUT2D eigenvalue weighted by Crippen LogP contribution is 2.27. The van der Waals surface area contributed by atoms with Crippen LogP contribution in [0.5, 0.6) is 0 Å². The lowest BCUT2D eigenvalue weighted by Crippen LogP contribution is -2.12. The first-order valence-electron chi connectivity index (χ1n) is 6.97. The molecule has 0 aromatic rings. The Bertz CT molecular complexity index is 135. The molecule has 0 saturated carbocycles. The van der Waals surface area contributed by atoms with Gasteiger partial charge in [0.25, 0.3) is 0 Å². The zero-order valence-corrected chi connectivity index (χ0v) is 11.8. The monoisotopic (exact) mass is 212 g/mol. The predicted octanol–water partition coefficient (Wildman–Crippen LogP) is 5.52. The highest BCUT2D eigenvalue weighted by atomic mass is 14.2. The molecule has 0 amide bonds. The largest absolute Gasteiger partial charge is 0.0651 e. The van der Waals surface area contributed by atoms with Gasteiger partial charge in [-0.15, -0.1) is 0 Å². The third-order valence-corrected chi connectivity index (χ3v) is 3.64. The summed E-state index contributed by atoms with van der Waals surface area (Å²) in [5.41, 5.74) is 0. The van der Waals surface area contributed by atoms with Gasteiger partial charge in [-0.2, -0.15) is 0 Å². The quantitative estimate of drug-likeness (QED) is 0.497. The number of rotatable bonds is 8. The summed E-state index contributed by atoms with van der Waals surface area (Å²) in [5, 5.41) is 0. The van der Waals surface area contributed by atoms with E-state index in [0.717, 1.165) is 23.7 Å². The topological polar surface area (TPSA) is 0 Å². The molecular formula is C15H32. The van der Waals surface area contributed by atoms with Crippen LogP contribution in [0, 0.1) is 23.7 Å². The minimum atomic E-state index is 0.870. The van der Waals surface area contributed by atoms with Crippen molar-refractivity contribution in [2.75, 3.05) is 0 Å². The van der Waals surface area contributed by atoms with Crippen molar-refractivity contribution in [3.63, 3.8) is 0 Å². The van der Waals surface area contributed by atoms with Crippen molar-refractivity contribution in [1.29, 1.82) is 0 Å². The van der Waals surface area contributed by atoms with E-state index in [2.05, 4.69) is 41.5 Å². The summed E-state index contributed by atoms with van der Waals surface area (Å²) in [6, 6.07) is 0. The third kappa shape index (κ3) is 7.88. The van der Waals surface area contributed by atoms with Gasteiger partial charge in [0.2, 0.25) is 0 Å². The molecule has 0 aliphatic heterocycles. The average molecular weight is 212 g/mol. The maximum absolute atomic E-state index is 2.46. The van der Waals surface area contributed by atoms with Crippen molar-refractivity contribution in [2.45, 2.75) is 73.6 Å². The van der Waals surface area contributed by atoms with Crippen LogP contribution in [0.3, 0.4) is 0 Å². The van der Waals surface area contributed by atoms with E-state index in [1.807, 2.05) is 0 Å². The average Bonchev–Trinajstić information content (AvgIpc) is 2.15. The molecule has 0 rings (SSSR count). The van der Waals surface area contributed by atoms with Crippen molar-refractivity contribution in [1.82, 2.24) is 0 Å². The van der Waals surface area contributed by atoms with Crippen LogP contribution < -0.4 is 0 Å². The van der Waals surface area contributed by atoms with Crippen molar-refractivity contribution < 1.29 is 0 Å². The molecule has 2 atom stereocenters. The van der Waals surface area contributed by atoms with Gasteiger partial charge in [-0.05, 0) is 30.1 Å². The molecule has 0 heterocycles. The molecule has 92 valence electrons. The minimum absolute atomic E-state index is 0.870. The maximum Gasteiger partial charge on any atom is -0.0391 e. The first kappa shape index (κ1) is 15.0. The Labute approximate surface area is 97.8 Å². The first-order chi connectivity index (χ1) is 6.97. The Hall–Kier alpha value is 0. The van der Waals surface area contributed by atoms with E-state index in [9.17, 15) is 0 Å². The van der Waals surface area contributed by atoms with E-state index < -0.39 is 0 Å². The Morgan fingerprint density at radius 2 is 1.13 bits per heavy atom. The lowest BCUT2D eigenvalue weighted by Gasteiger charge is -2.24. The van der Waals surface area contributed by atoms with Crippen LogP contribution in [-0.4, -0.2) is 0 Å². The molecule has 2 unspecified atom stereocenters. The molecule has 0 nitrogen and oxygen atoms in total. The fraction of sp³-hybridized carbons (Fsp3) is 1.00. The third-order valence-electron chi connectivity index (χ3n) is 3.64. The molecule has 0 aliphatic rings. The van der Waals surface area contributed by atoms with Gasteiger partial charge >= 0.3 is 0 Å². The van der Waals surface area contributed by atoms with Gasteiger partial charge in [0, 0.05) is 0 Å². The second-order valence-electron chi connectivity index (χ2n) is 6.09. The van der Waals surface area contributed by atoms with Crippen LogP contribution in [0.15, 0.2) is 0 Å². The van der Waals surface area contributed by atoms with Crippen LogP contribution in [0.25, 0.3) is 0 Å². The molecule has 0 saturated heterocycles. The SMILES string of the molecule is CCC(CCC(C)C)C(C)CCC(C)C. The van der Waals surface area contributed by atoms with E-state index in [1.54, 1.807) is 0 Å². The normalized spacial score (nSPS) is 16.0. The second-order valence-corrected chi connectivity index (χ2v) is 6.09. The lowest BCUT2D eigenvalue weighted by atomic mass is 9.82. The molecule has 0 aromatic carbocycles. The summed E-state index contributed by atoms with van der Waals surface area (Å²) in [6.07, 6.45) is 7.04. The van der Waals surface area contributed by atoms with Gasteiger partial charge in [-0.25, -0.2) is 0 Å². The van der Waals surface area contributed by atoms with Crippen molar-refractivity contribution in [2.24, 2.45) is 23.7 Å². The van der Waals surface area contributed by atoms with Gasteiger partial charge in [0.1, 0.15) is 0 Å². The van der Waals surface area contributed by atoms with Crippen LogP contribution in [-0.2, 0) is 0 Å². The Kier molecular flexibility index (Phi) is 8.19. The first-order valence-corrected chi connectivity index (χ1v) is 6.97.